The Labute approximate surface area is 86.8 Å². The van der Waals surface area contributed by atoms with Crippen LogP contribution in [0.4, 0.5) is 0 Å². The van der Waals surface area contributed by atoms with Gasteiger partial charge in [0.2, 0.25) is 0 Å². The summed E-state index contributed by atoms with van der Waals surface area (Å²) in [5, 5.41) is 0. The fourth-order valence-electron chi connectivity index (χ4n) is 0. The van der Waals surface area contributed by atoms with Crippen molar-refractivity contribution < 1.29 is 79.3 Å². The van der Waals surface area contributed by atoms with Crippen LogP contribution in [0.3, 0.4) is 0 Å². The maximum Gasteiger partial charge on any atom is 1.00 e. The Kier molecular flexibility index (Phi) is 51.3. The van der Waals surface area contributed by atoms with Crippen molar-refractivity contribution in [2.75, 3.05) is 0 Å². The van der Waals surface area contributed by atoms with E-state index in [1.807, 2.05) is 0 Å². The molecule has 7 heteroatoms. The minimum absolute atomic E-state index is 0. The molecule has 0 spiro atoms. The van der Waals surface area contributed by atoms with Crippen LogP contribution >= 0.6 is 8.60 Å². The molecule has 0 heterocycles. The third kappa shape index (κ3) is 63.1. The molecule has 3 N–H and O–H groups in total. The Bertz CT molecular complexity index is 14.4. The van der Waals surface area contributed by atoms with Crippen molar-refractivity contribution in [3.63, 3.8) is 0 Å². The van der Waals surface area contributed by atoms with Gasteiger partial charge in [-0.1, -0.05) is 0 Å². The van der Waals surface area contributed by atoms with Gasteiger partial charge in [0.05, 0.1) is 0 Å². The molecule has 7 heavy (non-hydrogen) atoms. The van der Waals surface area contributed by atoms with Crippen LogP contribution in [0.25, 0.3) is 0 Å². The van der Waals surface area contributed by atoms with E-state index in [1.54, 1.807) is 0 Å². The van der Waals surface area contributed by atoms with Crippen molar-refractivity contribution in [2.45, 2.75) is 0 Å². The van der Waals surface area contributed by atoms with E-state index in [1.165, 1.54) is 0 Å². The van der Waals surface area contributed by atoms with Gasteiger partial charge >= 0.3 is 59.1 Å². The molecule has 0 aromatic carbocycles. The summed E-state index contributed by atoms with van der Waals surface area (Å²) in [6, 6.07) is 0. The van der Waals surface area contributed by atoms with Crippen molar-refractivity contribution in [3.8, 4) is 0 Å². The van der Waals surface area contributed by atoms with Crippen LogP contribution in [0.5, 0.6) is 0 Å². The molecule has 34 valence electrons. The number of rotatable bonds is 0. The molecule has 0 aromatic heterocycles. The Hall–Kier alpha value is 2.27. The second-order valence-electron chi connectivity index (χ2n) is 0.238. The molecule has 0 saturated heterocycles. The van der Waals surface area contributed by atoms with Gasteiger partial charge in [0, 0.05) is 0 Å². The van der Waals surface area contributed by atoms with Crippen molar-refractivity contribution in [1.29, 1.82) is 0 Å². The van der Waals surface area contributed by atoms with Crippen LogP contribution in [0.15, 0.2) is 0 Å². The number of hydrogen-bond donors (Lipinski definition) is 1. The summed E-state index contributed by atoms with van der Waals surface area (Å²) < 4.78 is 0. The van der Waals surface area contributed by atoms with Gasteiger partial charge in [-0.3, -0.25) is 0 Å². The van der Waals surface area contributed by atoms with Gasteiger partial charge in [0.1, 0.15) is 0 Å². The summed E-state index contributed by atoms with van der Waals surface area (Å²) in [7, 11) is -3.12. The first-order valence-corrected chi connectivity index (χ1v) is 1.70. The van der Waals surface area contributed by atoms with Gasteiger partial charge in [0.15, 0.2) is 0 Å². The van der Waals surface area contributed by atoms with Crippen molar-refractivity contribution in [1.82, 2.24) is 0 Å². The SMILES string of the molecule is O.[Na+].[Na+].[O-]P([O-])O. The Morgan fingerprint density at radius 2 is 1.14 bits per heavy atom. The molecule has 0 aliphatic carbocycles. The van der Waals surface area contributed by atoms with E-state index >= 15 is 0 Å². The standard InChI is InChI=1S/2Na.HO3P.H2O/c;;1-4(2)3;/h;;1H;1H2/q2*+1;-2;. The molecule has 0 radical (unpaired) electrons. The molecule has 0 rings (SSSR count). The molecular weight excluding hydrogens is 141 g/mol. The van der Waals surface area contributed by atoms with Crippen molar-refractivity contribution in [2.24, 2.45) is 0 Å². The normalized spacial score (nSPS) is 5.14. The maximum absolute atomic E-state index is 8.59. The average Bonchev–Trinajstić information content (AvgIpc) is 0.811. The zero-order valence-electron chi connectivity index (χ0n) is 4.21. The van der Waals surface area contributed by atoms with Crippen molar-refractivity contribution in [3.05, 3.63) is 0 Å². The van der Waals surface area contributed by atoms with E-state index < -0.39 is 8.60 Å². The van der Waals surface area contributed by atoms with Gasteiger partial charge in [-0.05, 0) is 0 Å². The molecule has 4 nitrogen and oxygen atoms in total. The van der Waals surface area contributed by atoms with E-state index in [4.69, 9.17) is 14.7 Å². The van der Waals surface area contributed by atoms with Crippen LogP contribution in [0, 0.1) is 0 Å². The van der Waals surface area contributed by atoms with E-state index in [9.17, 15) is 0 Å². The molecule has 0 aliphatic rings. The quantitative estimate of drug-likeness (QED) is 0.270. The molecular formula is H3Na2O4P. The summed E-state index contributed by atoms with van der Waals surface area (Å²) in [6.07, 6.45) is 0. The predicted octanol–water partition coefficient (Wildman–Crippen LogP) is -8.89. The monoisotopic (exact) mass is 144 g/mol. The minimum atomic E-state index is -3.12. The first-order valence-electron chi connectivity index (χ1n) is 0.565. The smallest absolute Gasteiger partial charge is 0.820 e. The third-order valence-electron chi connectivity index (χ3n) is 0. The molecule has 0 unspecified atom stereocenters. The minimum Gasteiger partial charge on any atom is -0.820 e. The summed E-state index contributed by atoms with van der Waals surface area (Å²) in [4.78, 5) is 24.2. The number of hydrogen-bond acceptors (Lipinski definition) is 3. The van der Waals surface area contributed by atoms with Crippen LogP contribution in [0.1, 0.15) is 0 Å². The van der Waals surface area contributed by atoms with Gasteiger partial charge < -0.3 is 20.2 Å². The molecule has 0 bridgehead atoms. The Morgan fingerprint density at radius 1 is 1.14 bits per heavy atom. The molecule has 0 aromatic rings. The van der Waals surface area contributed by atoms with E-state index in [0.29, 0.717) is 0 Å². The van der Waals surface area contributed by atoms with E-state index in [0.717, 1.165) is 0 Å². The molecule has 0 atom stereocenters. The zero-order valence-corrected chi connectivity index (χ0v) is 9.11. The largest absolute Gasteiger partial charge is 1.00 e. The van der Waals surface area contributed by atoms with E-state index in [2.05, 4.69) is 0 Å². The molecule has 0 aliphatic heterocycles. The van der Waals surface area contributed by atoms with Gasteiger partial charge in [-0.2, -0.15) is 8.60 Å². The first-order chi connectivity index (χ1) is 1.73. The van der Waals surface area contributed by atoms with Gasteiger partial charge in [-0.25, -0.2) is 0 Å². The third-order valence-corrected chi connectivity index (χ3v) is 0. The fourth-order valence-corrected chi connectivity index (χ4v) is 0. The van der Waals surface area contributed by atoms with Crippen molar-refractivity contribution >= 4 is 8.60 Å². The summed E-state index contributed by atoms with van der Waals surface area (Å²) in [6.45, 7) is 0. The Balaban J connectivity index is -0.0000000150. The first kappa shape index (κ1) is 22.8. The molecule has 0 amide bonds. The van der Waals surface area contributed by atoms with E-state index in [-0.39, 0.29) is 64.6 Å². The second kappa shape index (κ2) is 15.7. The molecule has 0 saturated carbocycles. The van der Waals surface area contributed by atoms with Crippen LogP contribution in [-0.2, 0) is 0 Å². The topological polar surface area (TPSA) is 97.9 Å². The van der Waals surface area contributed by atoms with Gasteiger partial charge in [0.25, 0.3) is 0 Å². The Morgan fingerprint density at radius 3 is 1.14 bits per heavy atom. The fraction of sp³-hybridized carbons (Fsp3) is 0. The summed E-state index contributed by atoms with van der Waals surface area (Å²) in [5.41, 5.74) is 0. The zero-order chi connectivity index (χ0) is 3.58. The second-order valence-corrected chi connectivity index (χ2v) is 0.714. The van der Waals surface area contributed by atoms with Crippen LogP contribution < -0.4 is 68.9 Å². The average molecular weight is 144 g/mol. The molecule has 0 fully saturated rings. The van der Waals surface area contributed by atoms with Gasteiger partial charge in [-0.15, -0.1) is 0 Å². The summed E-state index contributed by atoms with van der Waals surface area (Å²) >= 11 is 0. The van der Waals surface area contributed by atoms with Crippen LogP contribution in [-0.4, -0.2) is 10.4 Å². The maximum atomic E-state index is 8.59. The predicted molar refractivity (Wildman–Crippen MR) is 12.8 cm³/mol. The van der Waals surface area contributed by atoms with Crippen LogP contribution in [0.2, 0.25) is 0 Å². The summed E-state index contributed by atoms with van der Waals surface area (Å²) in [5.74, 6) is 0.